The summed E-state index contributed by atoms with van der Waals surface area (Å²) in [5, 5.41) is 3.17. The van der Waals surface area contributed by atoms with Gasteiger partial charge in [0.25, 0.3) is 0 Å². The van der Waals surface area contributed by atoms with Crippen LogP contribution in [0.2, 0.25) is 0 Å². The Morgan fingerprint density at radius 2 is 2.19 bits per heavy atom. The summed E-state index contributed by atoms with van der Waals surface area (Å²) in [7, 11) is 0. The topological polar surface area (TPSA) is 24.9 Å². The lowest BCUT2D eigenvalue weighted by molar-refractivity contribution is 0.584. The molecule has 2 rings (SSSR count). The number of halogens is 3. The SMILES string of the molecule is Fc1ccc(NCc2cc(Br)c(Br)s2)cn1. The maximum Gasteiger partial charge on any atom is 0.212 e. The molecule has 0 amide bonds. The third-order valence-electron chi connectivity index (χ3n) is 1.89. The van der Waals surface area contributed by atoms with Crippen LogP contribution in [-0.4, -0.2) is 4.98 Å². The Balaban J connectivity index is 1.99. The van der Waals surface area contributed by atoms with Crippen LogP contribution in [0.15, 0.2) is 32.7 Å². The van der Waals surface area contributed by atoms with E-state index in [1.165, 1.54) is 17.1 Å². The summed E-state index contributed by atoms with van der Waals surface area (Å²) in [5.74, 6) is -0.466. The number of hydrogen-bond donors (Lipinski definition) is 1. The minimum atomic E-state index is -0.466. The monoisotopic (exact) mass is 364 g/mol. The van der Waals surface area contributed by atoms with Crippen molar-refractivity contribution in [2.24, 2.45) is 0 Å². The standard InChI is InChI=1S/C10H7Br2FN2S/c11-8-3-7(16-10(8)12)5-14-6-1-2-9(13)15-4-6/h1-4,14H,5H2. The Morgan fingerprint density at radius 1 is 1.38 bits per heavy atom. The zero-order valence-corrected chi connectivity index (χ0v) is 12.0. The van der Waals surface area contributed by atoms with E-state index in [0.717, 1.165) is 13.9 Å². The van der Waals surface area contributed by atoms with E-state index >= 15 is 0 Å². The van der Waals surface area contributed by atoms with Gasteiger partial charge in [-0.3, -0.25) is 0 Å². The molecule has 2 aromatic rings. The number of anilines is 1. The van der Waals surface area contributed by atoms with Gasteiger partial charge in [0.15, 0.2) is 0 Å². The zero-order chi connectivity index (χ0) is 11.5. The van der Waals surface area contributed by atoms with E-state index in [1.807, 2.05) is 6.07 Å². The number of hydrogen-bond acceptors (Lipinski definition) is 3. The maximum atomic E-state index is 12.6. The molecule has 0 spiro atoms. The second kappa shape index (κ2) is 5.25. The summed E-state index contributed by atoms with van der Waals surface area (Å²) >= 11 is 8.51. The van der Waals surface area contributed by atoms with Crippen LogP contribution in [0.25, 0.3) is 0 Å². The van der Waals surface area contributed by atoms with Crippen LogP contribution in [0.1, 0.15) is 4.88 Å². The van der Waals surface area contributed by atoms with Gasteiger partial charge in [0.05, 0.1) is 15.7 Å². The first-order chi connectivity index (χ1) is 7.65. The van der Waals surface area contributed by atoms with E-state index in [9.17, 15) is 4.39 Å². The predicted molar refractivity (Wildman–Crippen MR) is 71.2 cm³/mol. The third-order valence-corrected chi connectivity index (χ3v) is 5.15. The van der Waals surface area contributed by atoms with Gasteiger partial charge in [0.1, 0.15) is 0 Å². The summed E-state index contributed by atoms with van der Waals surface area (Å²) in [6.07, 6.45) is 1.48. The quantitative estimate of drug-likeness (QED) is 0.814. The summed E-state index contributed by atoms with van der Waals surface area (Å²) < 4.78 is 14.7. The van der Waals surface area contributed by atoms with Crippen LogP contribution < -0.4 is 5.32 Å². The van der Waals surface area contributed by atoms with Crippen molar-refractivity contribution in [1.82, 2.24) is 4.98 Å². The Labute approximate surface area is 113 Å². The van der Waals surface area contributed by atoms with Crippen LogP contribution in [-0.2, 0) is 6.54 Å². The van der Waals surface area contributed by atoms with Gasteiger partial charge < -0.3 is 5.32 Å². The number of nitrogens with one attached hydrogen (secondary N) is 1. The molecule has 6 heteroatoms. The molecule has 0 atom stereocenters. The largest absolute Gasteiger partial charge is 0.379 e. The number of aromatic nitrogens is 1. The third kappa shape index (κ3) is 3.02. The molecular weight excluding hydrogens is 359 g/mol. The van der Waals surface area contributed by atoms with Crippen LogP contribution in [0, 0.1) is 5.95 Å². The second-order valence-corrected chi connectivity index (χ2v) is 6.37. The van der Waals surface area contributed by atoms with Crippen molar-refractivity contribution in [2.75, 3.05) is 5.32 Å². The molecule has 16 heavy (non-hydrogen) atoms. The normalized spacial score (nSPS) is 10.4. The molecule has 0 unspecified atom stereocenters. The molecule has 0 aliphatic carbocycles. The van der Waals surface area contributed by atoms with Crippen molar-refractivity contribution in [3.8, 4) is 0 Å². The van der Waals surface area contributed by atoms with Crippen molar-refractivity contribution in [3.05, 3.63) is 43.5 Å². The van der Waals surface area contributed by atoms with Gasteiger partial charge in [-0.25, -0.2) is 4.98 Å². The summed E-state index contributed by atoms with van der Waals surface area (Å²) in [6, 6.07) is 5.04. The molecular formula is C10H7Br2FN2S. The fourth-order valence-corrected chi connectivity index (χ4v) is 3.26. The molecule has 0 fully saturated rings. The highest BCUT2D eigenvalue weighted by Gasteiger charge is 2.03. The van der Waals surface area contributed by atoms with Crippen molar-refractivity contribution in [1.29, 1.82) is 0 Å². The van der Waals surface area contributed by atoms with Crippen molar-refractivity contribution in [2.45, 2.75) is 6.54 Å². The lowest BCUT2D eigenvalue weighted by Crippen LogP contribution is -1.97. The van der Waals surface area contributed by atoms with E-state index in [-0.39, 0.29) is 0 Å². The highest BCUT2D eigenvalue weighted by molar-refractivity contribution is 9.13. The van der Waals surface area contributed by atoms with E-state index < -0.39 is 5.95 Å². The van der Waals surface area contributed by atoms with Crippen molar-refractivity contribution in [3.63, 3.8) is 0 Å². The van der Waals surface area contributed by atoms with E-state index in [0.29, 0.717) is 6.54 Å². The molecule has 0 radical (unpaired) electrons. The van der Waals surface area contributed by atoms with Crippen LogP contribution in [0.3, 0.4) is 0 Å². The van der Waals surface area contributed by atoms with Gasteiger partial charge in [0, 0.05) is 15.9 Å². The molecule has 0 saturated carbocycles. The fraction of sp³-hybridized carbons (Fsp3) is 0.100. The van der Waals surface area contributed by atoms with Gasteiger partial charge in [-0.15, -0.1) is 11.3 Å². The minimum absolute atomic E-state index is 0.466. The molecule has 0 aromatic carbocycles. The molecule has 0 aliphatic heterocycles. The molecule has 0 aliphatic rings. The molecule has 2 heterocycles. The van der Waals surface area contributed by atoms with Gasteiger partial charge in [-0.2, -0.15) is 4.39 Å². The van der Waals surface area contributed by atoms with E-state index in [2.05, 4.69) is 42.2 Å². The molecule has 0 bridgehead atoms. The first-order valence-electron chi connectivity index (χ1n) is 4.44. The fourth-order valence-electron chi connectivity index (χ4n) is 1.15. The summed E-state index contributed by atoms with van der Waals surface area (Å²) in [5.41, 5.74) is 0.807. The Bertz CT molecular complexity index is 465. The highest BCUT2D eigenvalue weighted by atomic mass is 79.9. The van der Waals surface area contributed by atoms with Gasteiger partial charge in [-0.05, 0) is 50.1 Å². The van der Waals surface area contributed by atoms with Gasteiger partial charge in [-0.1, -0.05) is 0 Å². The van der Waals surface area contributed by atoms with Crippen molar-refractivity contribution >= 4 is 48.9 Å². The number of thiophene rings is 1. The van der Waals surface area contributed by atoms with Crippen LogP contribution >= 0.6 is 43.2 Å². The average molecular weight is 366 g/mol. The Kier molecular flexibility index (Phi) is 3.94. The number of rotatable bonds is 3. The van der Waals surface area contributed by atoms with Gasteiger partial charge in [0.2, 0.25) is 5.95 Å². The first kappa shape index (κ1) is 12.0. The van der Waals surface area contributed by atoms with Gasteiger partial charge >= 0.3 is 0 Å². The average Bonchev–Trinajstić information content (AvgIpc) is 2.58. The molecule has 84 valence electrons. The number of nitrogens with zero attached hydrogens (tertiary/aromatic N) is 1. The lowest BCUT2D eigenvalue weighted by Gasteiger charge is -2.03. The first-order valence-corrected chi connectivity index (χ1v) is 6.84. The van der Waals surface area contributed by atoms with Crippen LogP contribution in [0.4, 0.5) is 10.1 Å². The van der Waals surface area contributed by atoms with E-state index in [1.54, 1.807) is 17.4 Å². The number of pyridine rings is 1. The molecule has 2 nitrogen and oxygen atoms in total. The summed E-state index contributed by atoms with van der Waals surface area (Å²) in [6.45, 7) is 0.697. The minimum Gasteiger partial charge on any atom is -0.379 e. The Hall–Kier alpha value is -0.460. The molecule has 2 aromatic heterocycles. The molecule has 1 N–H and O–H groups in total. The molecule has 0 saturated heterocycles. The van der Waals surface area contributed by atoms with Crippen molar-refractivity contribution < 1.29 is 4.39 Å². The summed E-state index contributed by atoms with van der Waals surface area (Å²) in [4.78, 5) is 4.75. The Morgan fingerprint density at radius 3 is 2.75 bits per heavy atom. The predicted octanol–water partition coefficient (Wildman–Crippen LogP) is 4.42. The maximum absolute atomic E-state index is 12.6. The second-order valence-electron chi connectivity index (χ2n) is 3.06. The van der Waals surface area contributed by atoms with Crippen LogP contribution in [0.5, 0.6) is 0 Å². The highest BCUT2D eigenvalue weighted by Crippen LogP contribution is 2.32. The lowest BCUT2D eigenvalue weighted by atomic mass is 10.4. The smallest absolute Gasteiger partial charge is 0.212 e. The zero-order valence-electron chi connectivity index (χ0n) is 8.01. The van der Waals surface area contributed by atoms with E-state index in [4.69, 9.17) is 0 Å².